The van der Waals surface area contributed by atoms with Gasteiger partial charge in [0, 0.05) is 22.7 Å². The first-order valence-corrected chi connectivity index (χ1v) is 13.2. The lowest BCUT2D eigenvalue weighted by Gasteiger charge is -2.29. The maximum atomic E-state index is 16.7. The number of benzene rings is 2. The van der Waals surface area contributed by atoms with Crippen LogP contribution in [-0.4, -0.2) is 35.2 Å². The first-order valence-electron chi connectivity index (χ1n) is 12.0. The summed E-state index contributed by atoms with van der Waals surface area (Å²) in [6.07, 6.45) is 7.51. The Labute approximate surface area is 240 Å². The van der Waals surface area contributed by atoms with Crippen LogP contribution in [0.2, 0.25) is 5.02 Å². The number of nitriles is 1. The lowest BCUT2D eigenvalue weighted by molar-refractivity contribution is 0.329. The van der Waals surface area contributed by atoms with Crippen molar-refractivity contribution in [2.24, 2.45) is 0 Å². The number of halogens is 3. The number of hydrogen-bond donors (Lipinski definition) is 2. The second-order valence-electron chi connectivity index (χ2n) is 8.93. The molecule has 1 aliphatic rings. The van der Waals surface area contributed by atoms with Gasteiger partial charge in [0.05, 0.1) is 34.3 Å². The fourth-order valence-electron chi connectivity index (χ4n) is 5.03. The number of anilines is 3. The van der Waals surface area contributed by atoms with E-state index in [9.17, 15) is 9.65 Å². The molecule has 204 valence electrons. The van der Waals surface area contributed by atoms with Gasteiger partial charge in [0.2, 0.25) is 0 Å². The molecule has 0 fully saturated rings. The Balaban J connectivity index is 1.69. The summed E-state index contributed by atoms with van der Waals surface area (Å²) in [5.41, 5.74) is 12.5. The molecule has 0 radical (unpaired) electrons. The van der Waals surface area contributed by atoms with Crippen molar-refractivity contribution in [2.45, 2.75) is 6.04 Å². The Morgan fingerprint density at radius 2 is 2.05 bits per heavy atom. The molecule has 6 rings (SSSR count). The highest BCUT2D eigenvalue weighted by Gasteiger charge is 2.34. The van der Waals surface area contributed by atoms with E-state index < -0.39 is 17.7 Å². The van der Waals surface area contributed by atoms with Crippen molar-refractivity contribution < 1.29 is 18.3 Å². The summed E-state index contributed by atoms with van der Waals surface area (Å²) in [5.74, 6) is 1.78. The van der Waals surface area contributed by atoms with Crippen LogP contribution in [0.3, 0.4) is 0 Å². The first kappa shape index (κ1) is 26.3. The van der Waals surface area contributed by atoms with Crippen LogP contribution < -0.4 is 25.8 Å². The highest BCUT2D eigenvalue weighted by atomic mass is 35.5. The molecule has 0 bridgehead atoms. The molecule has 0 spiro atoms. The molecule has 2 aromatic carbocycles. The summed E-state index contributed by atoms with van der Waals surface area (Å²) >= 11 is 7.77. The highest BCUT2D eigenvalue weighted by molar-refractivity contribution is 7.23. The Kier molecular flexibility index (Phi) is 6.37. The second-order valence-corrected chi connectivity index (χ2v) is 10.4. The third kappa shape index (κ3) is 3.91. The number of nitrogens with zero attached hydrogens (tertiary/aromatic N) is 5. The second kappa shape index (κ2) is 9.93. The number of thiophene rings is 1. The van der Waals surface area contributed by atoms with Crippen LogP contribution in [0, 0.1) is 35.3 Å². The Bertz CT molecular complexity index is 1990. The van der Waals surface area contributed by atoms with Crippen molar-refractivity contribution in [3.63, 3.8) is 0 Å². The van der Waals surface area contributed by atoms with Crippen LogP contribution in [-0.2, 0) is 0 Å². The van der Waals surface area contributed by atoms with Gasteiger partial charge in [0.25, 0.3) is 0 Å². The molecule has 1 aliphatic heterocycles. The first-order chi connectivity index (χ1) is 19.8. The van der Waals surface area contributed by atoms with E-state index in [0.717, 1.165) is 17.4 Å². The maximum absolute atomic E-state index is 16.7. The fraction of sp³-hybridized carbons (Fsp3) is 0.143. The molecule has 4 heterocycles. The standard InChI is InChI=1S/C28H18ClF2N7O2S/c1-3-16(12-5-4-8-35-25(12)33)38-9-10-40-23-19-22(36-28(39-2)37-27(19)38)21(31)18(20(23)29)13-6-7-15(30)24-17(13)14(11-32)26(34)41-24/h1,4-8,16H,9-10,34H2,2H3,(H2,33,35). The van der Waals surface area contributed by atoms with Crippen molar-refractivity contribution in [1.82, 2.24) is 15.0 Å². The zero-order chi connectivity index (χ0) is 29.0. The molecule has 1 unspecified atom stereocenters. The largest absolute Gasteiger partial charge is 0.489 e. The number of nitrogen functional groups attached to an aromatic ring is 2. The molecule has 3 aromatic heterocycles. The molecule has 13 heteroatoms. The predicted molar refractivity (Wildman–Crippen MR) is 154 cm³/mol. The Morgan fingerprint density at radius 1 is 1.24 bits per heavy atom. The quantitative estimate of drug-likeness (QED) is 0.262. The van der Waals surface area contributed by atoms with Gasteiger partial charge in [-0.25, -0.2) is 13.8 Å². The number of ether oxygens (including phenoxy) is 2. The minimum atomic E-state index is -0.860. The summed E-state index contributed by atoms with van der Waals surface area (Å²) in [4.78, 5) is 14.7. The smallest absolute Gasteiger partial charge is 0.318 e. The van der Waals surface area contributed by atoms with E-state index >= 15 is 4.39 Å². The fourth-order valence-corrected chi connectivity index (χ4v) is 6.31. The number of methoxy groups -OCH3 is 1. The summed E-state index contributed by atoms with van der Waals surface area (Å²) in [7, 11) is 1.34. The third-order valence-corrected chi connectivity index (χ3v) is 8.20. The summed E-state index contributed by atoms with van der Waals surface area (Å²) in [6, 6.07) is 7.04. The molecule has 4 N–H and O–H groups in total. The zero-order valence-corrected chi connectivity index (χ0v) is 22.8. The topological polar surface area (TPSA) is 136 Å². The molecular formula is C28H18ClF2N7O2S. The van der Waals surface area contributed by atoms with Crippen molar-refractivity contribution in [2.75, 3.05) is 36.6 Å². The monoisotopic (exact) mass is 589 g/mol. The SMILES string of the molecule is C#CC(c1cccnc1N)N1CCOc2c(Cl)c(-c3ccc(F)c4sc(N)c(C#N)c34)c(F)c3nc(OC)nc1c23. The van der Waals surface area contributed by atoms with Gasteiger partial charge in [-0.05, 0) is 17.7 Å². The van der Waals surface area contributed by atoms with Gasteiger partial charge >= 0.3 is 6.01 Å². The number of rotatable bonds is 4. The van der Waals surface area contributed by atoms with Crippen LogP contribution in [0.4, 0.5) is 25.4 Å². The van der Waals surface area contributed by atoms with E-state index in [0.29, 0.717) is 5.56 Å². The molecular weight excluding hydrogens is 572 g/mol. The number of nitrogens with two attached hydrogens (primary N) is 2. The molecule has 0 saturated carbocycles. The van der Waals surface area contributed by atoms with E-state index in [1.54, 1.807) is 23.2 Å². The van der Waals surface area contributed by atoms with Gasteiger partial charge < -0.3 is 25.8 Å². The van der Waals surface area contributed by atoms with Crippen LogP contribution in [0.1, 0.15) is 17.2 Å². The highest BCUT2D eigenvalue weighted by Crippen LogP contribution is 2.51. The minimum absolute atomic E-state index is 0.0138. The average Bonchev–Trinajstić information content (AvgIpc) is 3.20. The molecule has 0 aliphatic carbocycles. The van der Waals surface area contributed by atoms with Crippen molar-refractivity contribution >= 4 is 60.6 Å². The Hall–Kier alpha value is -4.91. The van der Waals surface area contributed by atoms with Crippen LogP contribution in [0.15, 0.2) is 30.5 Å². The van der Waals surface area contributed by atoms with Crippen molar-refractivity contribution in [1.29, 1.82) is 5.26 Å². The minimum Gasteiger partial charge on any atom is -0.489 e. The van der Waals surface area contributed by atoms with Gasteiger partial charge in [-0.2, -0.15) is 15.2 Å². The van der Waals surface area contributed by atoms with E-state index in [2.05, 4.69) is 20.9 Å². The zero-order valence-electron chi connectivity index (χ0n) is 21.2. The number of aromatic nitrogens is 3. The average molecular weight is 590 g/mol. The van der Waals surface area contributed by atoms with Gasteiger partial charge in [-0.1, -0.05) is 29.7 Å². The number of terminal acetylenes is 1. The van der Waals surface area contributed by atoms with Crippen molar-refractivity contribution in [3.05, 3.63) is 58.2 Å². The van der Waals surface area contributed by atoms with E-state index in [1.807, 2.05) is 6.07 Å². The maximum Gasteiger partial charge on any atom is 0.318 e. The predicted octanol–water partition coefficient (Wildman–Crippen LogP) is 5.46. The number of hydrogen-bond acceptors (Lipinski definition) is 10. The third-order valence-electron chi connectivity index (χ3n) is 6.81. The van der Waals surface area contributed by atoms with Gasteiger partial charge in [-0.15, -0.1) is 17.8 Å². The van der Waals surface area contributed by atoms with Crippen molar-refractivity contribution in [3.8, 4) is 41.3 Å². The lowest BCUT2D eigenvalue weighted by atomic mass is 9.96. The van der Waals surface area contributed by atoms with E-state index in [4.69, 9.17) is 39.0 Å². The van der Waals surface area contributed by atoms with Crippen LogP contribution in [0.25, 0.3) is 32.1 Å². The number of pyridine rings is 1. The lowest BCUT2D eigenvalue weighted by Crippen LogP contribution is -2.32. The van der Waals surface area contributed by atoms with Crippen LogP contribution >= 0.6 is 22.9 Å². The van der Waals surface area contributed by atoms with Gasteiger partial charge in [-0.3, -0.25) is 0 Å². The molecule has 41 heavy (non-hydrogen) atoms. The summed E-state index contributed by atoms with van der Waals surface area (Å²) in [5, 5.41) is 10.0. The normalized spacial score (nSPS) is 13.4. The molecule has 9 nitrogen and oxygen atoms in total. The van der Waals surface area contributed by atoms with E-state index in [1.165, 1.54) is 13.2 Å². The molecule has 5 aromatic rings. The molecule has 0 saturated heterocycles. The van der Waals surface area contributed by atoms with Gasteiger partial charge in [0.15, 0.2) is 11.6 Å². The Morgan fingerprint density at radius 3 is 2.76 bits per heavy atom. The summed E-state index contributed by atoms with van der Waals surface area (Å²) in [6.45, 7) is 0.283. The van der Waals surface area contributed by atoms with Gasteiger partial charge in [0.1, 0.15) is 46.7 Å². The molecule has 0 amide bonds. The van der Waals surface area contributed by atoms with E-state index in [-0.39, 0.29) is 84.3 Å². The molecule has 1 atom stereocenters. The summed E-state index contributed by atoms with van der Waals surface area (Å²) < 4.78 is 43.0. The number of fused-ring (bicyclic) bond motifs is 1. The van der Waals surface area contributed by atoms with Crippen LogP contribution in [0.5, 0.6) is 11.8 Å².